The maximum Gasteiger partial charge on any atom is 0.211 e. The van der Waals surface area contributed by atoms with Crippen molar-refractivity contribution in [2.75, 3.05) is 32.5 Å². The van der Waals surface area contributed by atoms with E-state index in [4.69, 9.17) is 0 Å². The Morgan fingerprint density at radius 1 is 1.23 bits per heavy atom. The molecule has 2 saturated heterocycles. The van der Waals surface area contributed by atoms with Gasteiger partial charge in [-0.1, -0.05) is 36.4 Å². The fourth-order valence-corrected chi connectivity index (χ4v) is 5.70. The Morgan fingerprint density at radius 3 is 2.38 bits per heavy atom. The normalized spacial score (nSPS) is 29.0. The van der Waals surface area contributed by atoms with Crippen molar-refractivity contribution in [3.05, 3.63) is 41.5 Å². The molecule has 2 heterocycles. The summed E-state index contributed by atoms with van der Waals surface area (Å²) in [5.74, 6) is 0.898. The Morgan fingerprint density at radius 2 is 1.88 bits per heavy atom. The van der Waals surface area contributed by atoms with Crippen molar-refractivity contribution in [3.63, 3.8) is 0 Å². The van der Waals surface area contributed by atoms with Crippen LogP contribution in [0.5, 0.6) is 0 Å². The van der Waals surface area contributed by atoms with Gasteiger partial charge < -0.3 is 5.11 Å². The molecule has 1 N–H and O–H groups in total. The molecular weight excluding hydrogens is 348 g/mol. The lowest BCUT2D eigenvalue weighted by Crippen LogP contribution is -2.85. The summed E-state index contributed by atoms with van der Waals surface area (Å²) in [7, 11) is -3.16. The Kier molecular flexibility index (Phi) is 4.50. The predicted octanol–water partition coefficient (Wildman–Crippen LogP) is 1.90. The second-order valence-electron chi connectivity index (χ2n) is 8.12. The summed E-state index contributed by atoms with van der Waals surface area (Å²) in [6.07, 6.45) is 7.88. The number of allylic oxidation sites excluding steroid dienone is 1. The van der Waals surface area contributed by atoms with Gasteiger partial charge in [-0.2, -0.15) is 4.31 Å². The van der Waals surface area contributed by atoms with Gasteiger partial charge in [0.25, 0.3) is 0 Å². The van der Waals surface area contributed by atoms with Crippen LogP contribution in [-0.4, -0.2) is 66.8 Å². The minimum atomic E-state index is -3.16. The molecule has 0 aromatic heterocycles. The van der Waals surface area contributed by atoms with Crippen LogP contribution in [0.25, 0.3) is 6.08 Å². The largest absolute Gasteiger partial charge is 0.395 e. The third-order valence-electron chi connectivity index (χ3n) is 6.30. The monoisotopic (exact) mass is 376 g/mol. The summed E-state index contributed by atoms with van der Waals surface area (Å²) >= 11 is 0. The Bertz CT molecular complexity index is 793. The van der Waals surface area contributed by atoms with Gasteiger partial charge in [0.05, 0.1) is 18.4 Å². The van der Waals surface area contributed by atoms with Crippen molar-refractivity contribution in [1.29, 1.82) is 0 Å². The summed E-state index contributed by atoms with van der Waals surface area (Å²) in [6.45, 7) is 4.18. The lowest BCUT2D eigenvalue weighted by Gasteiger charge is -2.70. The number of hydrogen-bond acceptors (Lipinski definition) is 4. The third kappa shape index (κ3) is 2.93. The molecular formula is C20H28N2O3S. The van der Waals surface area contributed by atoms with Crippen molar-refractivity contribution in [2.24, 2.45) is 5.92 Å². The molecule has 1 aromatic rings. The first kappa shape index (κ1) is 18.2. The van der Waals surface area contributed by atoms with Crippen molar-refractivity contribution in [2.45, 2.75) is 37.3 Å². The molecule has 4 rings (SSSR count). The first-order valence-corrected chi connectivity index (χ1v) is 11.3. The molecule has 0 radical (unpaired) electrons. The molecule has 3 aliphatic rings. The molecule has 0 amide bonds. The highest BCUT2D eigenvalue weighted by atomic mass is 32.2. The summed E-state index contributed by atoms with van der Waals surface area (Å²) in [6, 6.07) is 8.58. The molecule has 3 fully saturated rings. The van der Waals surface area contributed by atoms with Crippen LogP contribution in [0, 0.1) is 5.92 Å². The van der Waals surface area contributed by atoms with Gasteiger partial charge in [0.2, 0.25) is 10.0 Å². The maximum atomic E-state index is 11.9. The molecule has 2 atom stereocenters. The molecule has 6 heteroatoms. The molecule has 2 aliphatic heterocycles. The molecule has 5 nitrogen and oxygen atoms in total. The van der Waals surface area contributed by atoms with Gasteiger partial charge in [-0.05, 0) is 36.8 Å². The maximum absolute atomic E-state index is 11.9. The van der Waals surface area contributed by atoms with Crippen LogP contribution in [0.3, 0.4) is 0 Å². The van der Waals surface area contributed by atoms with Crippen molar-refractivity contribution >= 4 is 16.1 Å². The van der Waals surface area contributed by atoms with Gasteiger partial charge in [0.1, 0.15) is 0 Å². The Hall–Kier alpha value is -1.21. The predicted molar refractivity (Wildman–Crippen MR) is 103 cm³/mol. The molecule has 0 unspecified atom stereocenters. The topological polar surface area (TPSA) is 60.9 Å². The molecule has 142 valence electrons. The average Bonchev–Trinajstić information content (AvgIpc) is 3.34. The van der Waals surface area contributed by atoms with Gasteiger partial charge in [0.15, 0.2) is 0 Å². The van der Waals surface area contributed by atoms with Crippen LogP contribution in [0.15, 0.2) is 30.3 Å². The van der Waals surface area contributed by atoms with E-state index in [1.807, 2.05) is 13.0 Å². The molecule has 1 spiro atoms. The summed E-state index contributed by atoms with van der Waals surface area (Å²) in [4.78, 5) is 2.40. The highest BCUT2D eigenvalue weighted by Gasteiger charge is 2.67. The van der Waals surface area contributed by atoms with Crippen LogP contribution in [0.4, 0.5) is 0 Å². The number of aliphatic hydroxyl groups excluding tert-OH is 1. The molecule has 26 heavy (non-hydrogen) atoms. The standard InChI is InChI=1S/C20H28N2O3S/c1-3-4-15-7-9-17(10-8-15)19-18(12-23)22(11-16-5-6-16)20(19)13-21(14-20)26(2,24)25/h3-4,7-10,16,18-19,23H,5-6,11-14H2,1-2H3/b4-3+/t18-,19+/m0/s1. The number of sulfonamides is 1. The average molecular weight is 377 g/mol. The third-order valence-corrected chi connectivity index (χ3v) is 7.50. The number of hydrogen-bond donors (Lipinski definition) is 1. The number of rotatable bonds is 6. The highest BCUT2D eigenvalue weighted by Crippen LogP contribution is 2.55. The van der Waals surface area contributed by atoms with E-state index in [1.165, 1.54) is 24.7 Å². The lowest BCUT2D eigenvalue weighted by atomic mass is 9.61. The van der Waals surface area contributed by atoms with Crippen molar-refractivity contribution < 1.29 is 13.5 Å². The van der Waals surface area contributed by atoms with E-state index in [1.54, 1.807) is 4.31 Å². The van der Waals surface area contributed by atoms with Gasteiger partial charge in [-0.3, -0.25) is 4.90 Å². The summed E-state index contributed by atoms with van der Waals surface area (Å²) < 4.78 is 25.5. The van der Waals surface area contributed by atoms with E-state index in [0.717, 1.165) is 12.1 Å². The number of likely N-dealkylation sites (tertiary alicyclic amines) is 1. The van der Waals surface area contributed by atoms with Gasteiger partial charge >= 0.3 is 0 Å². The zero-order valence-corrected chi connectivity index (χ0v) is 16.3. The molecule has 1 aliphatic carbocycles. The van der Waals surface area contributed by atoms with E-state index in [9.17, 15) is 13.5 Å². The van der Waals surface area contributed by atoms with E-state index >= 15 is 0 Å². The summed E-state index contributed by atoms with van der Waals surface area (Å²) in [5, 5.41) is 10.1. The first-order valence-electron chi connectivity index (χ1n) is 9.44. The smallest absolute Gasteiger partial charge is 0.211 e. The SMILES string of the molecule is C/C=C/c1ccc([C@@H]2[C@H](CO)N(CC3CC3)C23CN(S(C)(=O)=O)C3)cc1. The molecule has 1 saturated carbocycles. The van der Waals surface area contributed by atoms with Crippen LogP contribution in [0.1, 0.15) is 36.8 Å². The van der Waals surface area contributed by atoms with Gasteiger partial charge in [0, 0.05) is 31.6 Å². The fourth-order valence-electron chi connectivity index (χ4n) is 4.78. The van der Waals surface area contributed by atoms with Crippen molar-refractivity contribution in [3.8, 4) is 0 Å². The van der Waals surface area contributed by atoms with Crippen LogP contribution >= 0.6 is 0 Å². The van der Waals surface area contributed by atoms with Crippen molar-refractivity contribution in [1.82, 2.24) is 9.21 Å². The lowest BCUT2D eigenvalue weighted by molar-refractivity contribution is -0.172. The van der Waals surface area contributed by atoms with E-state index in [2.05, 4.69) is 35.2 Å². The van der Waals surface area contributed by atoms with E-state index in [0.29, 0.717) is 19.0 Å². The van der Waals surface area contributed by atoms with Gasteiger partial charge in [-0.25, -0.2) is 8.42 Å². The minimum Gasteiger partial charge on any atom is -0.395 e. The second kappa shape index (κ2) is 6.44. The summed E-state index contributed by atoms with van der Waals surface area (Å²) in [5.41, 5.74) is 2.21. The second-order valence-corrected chi connectivity index (χ2v) is 10.1. The Labute approximate surface area is 156 Å². The minimum absolute atomic E-state index is 0.0878. The van der Waals surface area contributed by atoms with Crippen LogP contribution < -0.4 is 0 Å². The Balaban J connectivity index is 1.62. The first-order chi connectivity index (χ1) is 12.4. The zero-order chi connectivity index (χ0) is 18.5. The van der Waals surface area contributed by atoms with Gasteiger partial charge in [-0.15, -0.1) is 0 Å². The molecule has 0 bridgehead atoms. The number of benzene rings is 1. The fraction of sp³-hybridized carbons (Fsp3) is 0.600. The zero-order valence-electron chi connectivity index (χ0n) is 15.5. The number of aliphatic hydroxyl groups is 1. The van der Waals surface area contributed by atoms with Crippen LogP contribution in [0.2, 0.25) is 0 Å². The quantitative estimate of drug-likeness (QED) is 0.824. The molecule has 1 aromatic carbocycles. The number of nitrogens with zero attached hydrogens (tertiary/aromatic N) is 2. The van der Waals surface area contributed by atoms with E-state index in [-0.39, 0.29) is 24.1 Å². The van der Waals surface area contributed by atoms with E-state index < -0.39 is 10.0 Å². The highest BCUT2D eigenvalue weighted by molar-refractivity contribution is 7.88. The van der Waals surface area contributed by atoms with Crippen LogP contribution in [-0.2, 0) is 10.0 Å².